The highest BCUT2D eigenvalue weighted by atomic mass is 19.4. The number of ether oxygens (including phenoxy) is 2. The summed E-state index contributed by atoms with van der Waals surface area (Å²) in [4.78, 5) is 18.2. The number of hydrogen-bond acceptors (Lipinski definition) is 5. The summed E-state index contributed by atoms with van der Waals surface area (Å²) >= 11 is 0. The maximum atomic E-state index is 13.0. The fourth-order valence-electron chi connectivity index (χ4n) is 3.16. The first-order chi connectivity index (χ1) is 12.4. The fourth-order valence-corrected chi connectivity index (χ4v) is 3.16. The molecule has 3 heterocycles. The van der Waals surface area contributed by atoms with E-state index in [2.05, 4.69) is 4.98 Å². The molecule has 0 aliphatic carbocycles. The minimum absolute atomic E-state index is 0.0576. The molecule has 1 saturated heterocycles. The predicted octanol–water partition coefficient (Wildman–Crippen LogP) is 3.58. The van der Waals surface area contributed by atoms with Crippen molar-refractivity contribution >= 4 is 11.6 Å². The van der Waals surface area contributed by atoms with E-state index in [0.717, 1.165) is 24.9 Å². The number of nitrogens with zero attached hydrogens (tertiary/aromatic N) is 2. The van der Waals surface area contributed by atoms with Crippen LogP contribution >= 0.6 is 0 Å². The van der Waals surface area contributed by atoms with Gasteiger partial charge in [-0.3, -0.25) is 9.69 Å². The fraction of sp³-hybridized carbons (Fsp3) is 0.412. The third-order valence-electron chi connectivity index (χ3n) is 4.41. The zero-order valence-electron chi connectivity index (χ0n) is 13.6. The first-order valence-corrected chi connectivity index (χ1v) is 8.16. The second-order valence-corrected chi connectivity index (χ2v) is 6.05. The smallest absolute Gasteiger partial charge is 0.416 e. The van der Waals surface area contributed by atoms with E-state index in [1.54, 1.807) is 0 Å². The van der Waals surface area contributed by atoms with Crippen molar-refractivity contribution in [2.45, 2.75) is 25.1 Å². The quantitative estimate of drug-likeness (QED) is 0.811. The second-order valence-electron chi connectivity index (χ2n) is 6.05. The van der Waals surface area contributed by atoms with Crippen molar-refractivity contribution in [3.05, 3.63) is 41.6 Å². The van der Waals surface area contributed by atoms with Crippen LogP contribution in [0.3, 0.4) is 0 Å². The van der Waals surface area contributed by atoms with E-state index >= 15 is 0 Å². The van der Waals surface area contributed by atoms with Gasteiger partial charge in [-0.2, -0.15) is 13.2 Å². The van der Waals surface area contributed by atoms with Gasteiger partial charge in [0.05, 0.1) is 17.8 Å². The van der Waals surface area contributed by atoms with Crippen molar-refractivity contribution in [1.82, 2.24) is 4.98 Å². The van der Waals surface area contributed by atoms with Crippen molar-refractivity contribution in [2.75, 3.05) is 24.7 Å². The van der Waals surface area contributed by atoms with Crippen LogP contribution in [0.25, 0.3) is 0 Å². The SMILES string of the molecule is O=C(c1ncoc1C1CCCO1)N1CCOc2ccc(C(F)(F)F)cc21. The molecule has 1 fully saturated rings. The number of rotatable bonds is 2. The second kappa shape index (κ2) is 6.31. The molecular formula is C17H15F3N2O4. The molecule has 0 bridgehead atoms. The standard InChI is InChI=1S/C17H15F3N2O4/c18-17(19,20)10-3-4-12-11(8-10)22(5-7-25-12)16(23)14-15(26-9-21-14)13-2-1-6-24-13/h3-4,8-9,13H,1-2,5-7H2. The lowest BCUT2D eigenvalue weighted by atomic mass is 10.1. The number of fused-ring (bicyclic) bond motifs is 1. The van der Waals surface area contributed by atoms with Crippen molar-refractivity contribution in [2.24, 2.45) is 0 Å². The van der Waals surface area contributed by atoms with E-state index in [1.807, 2.05) is 0 Å². The minimum Gasteiger partial charge on any atom is -0.490 e. The van der Waals surface area contributed by atoms with E-state index in [-0.39, 0.29) is 36.4 Å². The van der Waals surface area contributed by atoms with Crippen LogP contribution in [0, 0.1) is 0 Å². The van der Waals surface area contributed by atoms with Gasteiger partial charge < -0.3 is 13.9 Å². The monoisotopic (exact) mass is 368 g/mol. The van der Waals surface area contributed by atoms with Gasteiger partial charge in [-0.05, 0) is 31.0 Å². The first-order valence-electron chi connectivity index (χ1n) is 8.16. The zero-order valence-corrected chi connectivity index (χ0v) is 13.6. The van der Waals surface area contributed by atoms with Crippen LogP contribution in [0.5, 0.6) is 5.75 Å². The Morgan fingerprint density at radius 1 is 1.27 bits per heavy atom. The molecule has 138 valence electrons. The van der Waals surface area contributed by atoms with Gasteiger partial charge in [-0.25, -0.2) is 4.98 Å². The summed E-state index contributed by atoms with van der Waals surface area (Å²) in [6.45, 7) is 0.858. The number of alkyl halides is 3. The van der Waals surface area contributed by atoms with Crippen LogP contribution in [0.15, 0.2) is 29.0 Å². The van der Waals surface area contributed by atoms with Crippen molar-refractivity contribution in [3.8, 4) is 5.75 Å². The Morgan fingerprint density at radius 2 is 2.12 bits per heavy atom. The van der Waals surface area contributed by atoms with Crippen LogP contribution in [-0.2, 0) is 10.9 Å². The zero-order chi connectivity index (χ0) is 18.3. The molecule has 1 aromatic carbocycles. The molecule has 1 atom stereocenters. The largest absolute Gasteiger partial charge is 0.490 e. The Bertz CT molecular complexity index is 828. The molecule has 4 rings (SSSR count). The molecule has 0 spiro atoms. The van der Waals surface area contributed by atoms with Crippen LogP contribution in [-0.4, -0.2) is 30.6 Å². The normalized spacial score (nSPS) is 20.0. The Kier molecular flexibility index (Phi) is 4.10. The Balaban J connectivity index is 1.70. The van der Waals surface area contributed by atoms with Gasteiger partial charge >= 0.3 is 6.18 Å². The highest BCUT2D eigenvalue weighted by Crippen LogP contribution is 2.39. The Labute approximate surface area is 146 Å². The number of amides is 1. The van der Waals surface area contributed by atoms with E-state index < -0.39 is 17.6 Å². The number of hydrogen-bond donors (Lipinski definition) is 0. The number of benzene rings is 1. The maximum absolute atomic E-state index is 13.0. The van der Waals surface area contributed by atoms with Gasteiger partial charge in [0.1, 0.15) is 18.5 Å². The summed E-state index contributed by atoms with van der Waals surface area (Å²) in [6.07, 6.45) is -2.18. The topological polar surface area (TPSA) is 64.8 Å². The molecule has 9 heteroatoms. The van der Waals surface area contributed by atoms with Crippen LogP contribution in [0.4, 0.5) is 18.9 Å². The molecule has 2 aromatic rings. The molecule has 0 saturated carbocycles. The van der Waals surface area contributed by atoms with Gasteiger partial charge in [0.25, 0.3) is 5.91 Å². The highest BCUT2D eigenvalue weighted by Gasteiger charge is 2.36. The van der Waals surface area contributed by atoms with Gasteiger partial charge in [0, 0.05) is 6.61 Å². The van der Waals surface area contributed by atoms with E-state index in [4.69, 9.17) is 13.9 Å². The highest BCUT2D eigenvalue weighted by molar-refractivity contribution is 6.06. The average molecular weight is 368 g/mol. The van der Waals surface area contributed by atoms with Gasteiger partial charge in [0.2, 0.25) is 0 Å². The Morgan fingerprint density at radius 3 is 2.85 bits per heavy atom. The van der Waals surface area contributed by atoms with Crippen molar-refractivity contribution < 1.29 is 31.9 Å². The maximum Gasteiger partial charge on any atom is 0.416 e. The molecule has 0 radical (unpaired) electrons. The van der Waals surface area contributed by atoms with Crippen LogP contribution < -0.4 is 9.64 Å². The van der Waals surface area contributed by atoms with Crippen molar-refractivity contribution in [3.63, 3.8) is 0 Å². The van der Waals surface area contributed by atoms with Gasteiger partial charge in [-0.1, -0.05) is 0 Å². The molecule has 26 heavy (non-hydrogen) atoms. The molecule has 6 nitrogen and oxygen atoms in total. The number of aromatic nitrogens is 1. The van der Waals surface area contributed by atoms with E-state index in [9.17, 15) is 18.0 Å². The minimum atomic E-state index is -4.52. The third kappa shape index (κ3) is 2.92. The molecule has 1 unspecified atom stereocenters. The lowest BCUT2D eigenvalue weighted by Crippen LogP contribution is -2.38. The van der Waals surface area contributed by atoms with E-state index in [1.165, 1.54) is 11.0 Å². The molecule has 1 aromatic heterocycles. The van der Waals surface area contributed by atoms with Crippen molar-refractivity contribution in [1.29, 1.82) is 0 Å². The average Bonchev–Trinajstić information content (AvgIpc) is 3.30. The number of carbonyl (C=O) groups excluding carboxylic acids is 1. The predicted molar refractivity (Wildman–Crippen MR) is 83.0 cm³/mol. The number of carbonyl (C=O) groups is 1. The summed E-state index contributed by atoms with van der Waals surface area (Å²) < 4.78 is 55.4. The summed E-state index contributed by atoms with van der Waals surface area (Å²) in [5.41, 5.74) is -0.724. The third-order valence-corrected chi connectivity index (χ3v) is 4.41. The van der Waals surface area contributed by atoms with Crippen LogP contribution in [0.2, 0.25) is 0 Å². The summed E-state index contributed by atoms with van der Waals surface area (Å²) in [5, 5.41) is 0. The molecule has 1 amide bonds. The van der Waals surface area contributed by atoms with Gasteiger partial charge in [-0.15, -0.1) is 0 Å². The molecule has 2 aliphatic heterocycles. The number of oxazole rings is 1. The summed E-state index contributed by atoms with van der Waals surface area (Å²) in [7, 11) is 0. The Hall–Kier alpha value is -2.55. The lowest BCUT2D eigenvalue weighted by Gasteiger charge is -2.30. The molecular weight excluding hydrogens is 353 g/mol. The first kappa shape index (κ1) is 16.9. The van der Waals surface area contributed by atoms with E-state index in [0.29, 0.717) is 18.8 Å². The lowest BCUT2D eigenvalue weighted by molar-refractivity contribution is -0.137. The number of anilines is 1. The summed E-state index contributed by atoms with van der Waals surface area (Å²) in [6, 6.07) is 3.07. The molecule has 0 N–H and O–H groups in total. The number of halogens is 3. The van der Waals surface area contributed by atoms with Crippen LogP contribution in [0.1, 0.15) is 40.8 Å². The van der Waals surface area contributed by atoms with Gasteiger partial charge in [0.15, 0.2) is 17.8 Å². The molecule has 2 aliphatic rings. The summed E-state index contributed by atoms with van der Waals surface area (Å²) in [5.74, 6) is 0.000374.